The van der Waals surface area contributed by atoms with E-state index in [1.165, 1.54) is 4.90 Å². The molecule has 67 heavy (non-hydrogen) atoms. The molecule has 1 aromatic carbocycles. The van der Waals surface area contributed by atoms with Crippen molar-refractivity contribution in [2.75, 3.05) is 13.7 Å². The van der Waals surface area contributed by atoms with Crippen LogP contribution in [0.25, 0.3) is 22.2 Å². The van der Waals surface area contributed by atoms with Crippen molar-refractivity contribution in [2.45, 2.75) is 146 Å². The number of alkyl halides is 2. The molecule has 2 aliphatic heterocycles. The van der Waals surface area contributed by atoms with E-state index >= 15 is 4.79 Å². The summed E-state index contributed by atoms with van der Waals surface area (Å²) in [5.74, 6) is -5.51. The lowest BCUT2D eigenvalue weighted by molar-refractivity contribution is -0.152. The number of benzene rings is 1. The van der Waals surface area contributed by atoms with Crippen molar-refractivity contribution < 1.29 is 55.3 Å². The molecule has 0 spiro atoms. The van der Waals surface area contributed by atoms with Crippen molar-refractivity contribution >= 4 is 44.6 Å². The van der Waals surface area contributed by atoms with E-state index in [9.17, 15) is 31.6 Å². The Bertz CT molecular complexity index is 2500. The summed E-state index contributed by atoms with van der Waals surface area (Å²) in [5.41, 5.74) is -2.93. The summed E-state index contributed by atoms with van der Waals surface area (Å²) in [6, 6.07) is 8.05. The van der Waals surface area contributed by atoms with E-state index < -0.39 is 86.2 Å². The number of aromatic nitrogens is 2. The topological polar surface area (TPSA) is 204 Å². The van der Waals surface area contributed by atoms with Gasteiger partial charge in [-0.05, 0) is 120 Å². The van der Waals surface area contributed by atoms with Crippen LogP contribution in [0.2, 0.25) is 0 Å². The standard InChI is InChI=1S/C48H62F2N6O10S/c1-9-29-20-28(4)12-10-11-13-31-24-48(31,44(59)55-67(61,62)35-16-17-35)54-41(57)39-23-34(26-56(39)43(58)40(29)53-45(60)66-46(5,6)47(7,49)50)65-42-36-18-14-32(63-8)21-30(36)22-38(52-42)37-19-15-33(25-51-37)64-27(2)3/h11,13-15,18-19,21-22,25,27-29,31,34-35,39-40H,9-10,12,16-17,20,23-24,26H2,1-8H3,(H,53,60)(H,54,57)(H,55,59)/b13-11-/t28-,29-,31-,34-,39+,40+,48-/m1/s1. The Kier molecular flexibility index (Phi) is 14.1. The first-order chi connectivity index (χ1) is 31.5. The zero-order chi connectivity index (χ0) is 48.6. The fraction of sp³-hybridized carbons (Fsp3) is 0.583. The molecular formula is C48H62F2N6O10S. The molecule has 19 heteroatoms. The second-order valence-corrected chi connectivity index (χ2v) is 21.3. The minimum absolute atomic E-state index is 0.00380. The van der Waals surface area contributed by atoms with Crippen molar-refractivity contribution in [2.24, 2.45) is 17.8 Å². The van der Waals surface area contributed by atoms with Gasteiger partial charge in [-0.15, -0.1) is 0 Å². The zero-order valence-electron chi connectivity index (χ0n) is 39.3. The van der Waals surface area contributed by atoms with E-state index in [2.05, 4.69) is 20.3 Å². The molecule has 1 saturated heterocycles. The van der Waals surface area contributed by atoms with Gasteiger partial charge in [-0.2, -0.15) is 0 Å². The highest BCUT2D eigenvalue weighted by Gasteiger charge is 2.62. The van der Waals surface area contributed by atoms with Gasteiger partial charge in [-0.25, -0.2) is 27.0 Å². The molecule has 4 aliphatic rings. The van der Waals surface area contributed by atoms with E-state index in [-0.39, 0.29) is 37.3 Å². The molecule has 4 amide bonds. The maximum atomic E-state index is 15.2. The Hall–Kier alpha value is -5.59. The summed E-state index contributed by atoms with van der Waals surface area (Å²) in [4.78, 5) is 68.4. The van der Waals surface area contributed by atoms with Crippen LogP contribution < -0.4 is 29.6 Å². The first kappa shape index (κ1) is 49.3. The average Bonchev–Trinajstić information content (AvgIpc) is 4.19. The van der Waals surface area contributed by atoms with Crippen LogP contribution in [0.3, 0.4) is 0 Å². The van der Waals surface area contributed by atoms with Gasteiger partial charge in [-0.1, -0.05) is 32.4 Å². The predicted octanol–water partition coefficient (Wildman–Crippen LogP) is 6.86. The Labute approximate surface area is 390 Å². The lowest BCUT2D eigenvalue weighted by atomic mass is 9.85. The fourth-order valence-corrected chi connectivity index (χ4v) is 10.1. The molecule has 364 valence electrons. The molecule has 4 heterocycles. The number of pyridine rings is 2. The minimum atomic E-state index is -4.00. The van der Waals surface area contributed by atoms with Gasteiger partial charge in [0.15, 0.2) is 5.60 Å². The number of sulfonamides is 1. The number of nitrogens with one attached hydrogen (secondary N) is 3. The molecule has 3 N–H and O–H groups in total. The fourth-order valence-electron chi connectivity index (χ4n) is 8.78. The number of rotatable bonds is 13. The molecule has 2 aliphatic carbocycles. The molecule has 0 unspecified atom stereocenters. The van der Waals surface area contributed by atoms with Crippen LogP contribution in [0.1, 0.15) is 99.8 Å². The molecule has 7 rings (SSSR count). The Morgan fingerprint density at radius 3 is 2.40 bits per heavy atom. The summed E-state index contributed by atoms with van der Waals surface area (Å²) in [6.07, 6.45) is 6.01. The minimum Gasteiger partial charge on any atom is -0.497 e. The van der Waals surface area contributed by atoms with Crippen LogP contribution in [-0.2, 0) is 29.1 Å². The highest BCUT2D eigenvalue weighted by molar-refractivity contribution is 7.91. The number of carbonyl (C=O) groups is 4. The van der Waals surface area contributed by atoms with Gasteiger partial charge in [0.25, 0.3) is 11.8 Å². The quantitative estimate of drug-likeness (QED) is 0.151. The largest absolute Gasteiger partial charge is 0.497 e. The van der Waals surface area contributed by atoms with E-state index in [4.69, 9.17) is 23.9 Å². The molecular weight excluding hydrogens is 891 g/mol. The summed E-state index contributed by atoms with van der Waals surface area (Å²) in [6.45, 7) is 10.3. The van der Waals surface area contributed by atoms with Crippen LogP contribution in [0.4, 0.5) is 13.6 Å². The lowest BCUT2D eigenvalue weighted by Gasteiger charge is -2.35. The molecule has 0 radical (unpaired) electrons. The molecule has 0 bridgehead atoms. The number of nitrogens with zero attached hydrogens (tertiary/aromatic N) is 3. The van der Waals surface area contributed by atoms with Crippen molar-refractivity contribution in [1.29, 1.82) is 0 Å². The number of hydrogen-bond acceptors (Lipinski definition) is 12. The average molecular weight is 953 g/mol. The smallest absolute Gasteiger partial charge is 0.408 e. The second-order valence-electron chi connectivity index (χ2n) is 19.3. The van der Waals surface area contributed by atoms with Crippen molar-refractivity contribution in [3.8, 4) is 28.8 Å². The second kappa shape index (κ2) is 19.2. The molecule has 2 saturated carbocycles. The number of alkyl carbamates (subject to hydrolysis) is 1. The molecule has 2 aromatic heterocycles. The van der Waals surface area contributed by atoms with Crippen LogP contribution in [-0.4, -0.2) is 107 Å². The van der Waals surface area contributed by atoms with Crippen molar-refractivity contribution in [3.63, 3.8) is 0 Å². The summed E-state index contributed by atoms with van der Waals surface area (Å²) >= 11 is 0. The molecule has 16 nitrogen and oxygen atoms in total. The van der Waals surface area contributed by atoms with E-state index in [0.717, 1.165) is 13.8 Å². The van der Waals surface area contributed by atoms with Gasteiger partial charge in [0, 0.05) is 24.6 Å². The van der Waals surface area contributed by atoms with Crippen molar-refractivity contribution in [1.82, 2.24) is 30.2 Å². The maximum absolute atomic E-state index is 15.2. The number of fused-ring (bicyclic) bond motifs is 3. The van der Waals surface area contributed by atoms with Crippen LogP contribution >= 0.6 is 0 Å². The summed E-state index contributed by atoms with van der Waals surface area (Å²) in [7, 11) is -2.45. The molecule has 3 fully saturated rings. The van der Waals surface area contributed by atoms with Gasteiger partial charge in [0.05, 0.1) is 42.6 Å². The number of hydrogen-bond donors (Lipinski definition) is 3. The van der Waals surface area contributed by atoms with Gasteiger partial charge in [0.2, 0.25) is 27.7 Å². The van der Waals surface area contributed by atoms with Crippen molar-refractivity contribution in [3.05, 3.63) is 54.7 Å². The lowest BCUT2D eigenvalue weighted by Crippen LogP contribution is -2.59. The van der Waals surface area contributed by atoms with Gasteiger partial charge in [-0.3, -0.25) is 24.1 Å². The first-order valence-corrected chi connectivity index (χ1v) is 24.6. The highest BCUT2D eigenvalue weighted by atomic mass is 32.2. The normalized spacial score (nSPS) is 26.6. The molecule has 7 atom stereocenters. The van der Waals surface area contributed by atoms with E-state index in [0.29, 0.717) is 79.1 Å². The van der Waals surface area contributed by atoms with Gasteiger partial charge >= 0.3 is 6.09 Å². The van der Waals surface area contributed by atoms with E-state index in [1.54, 1.807) is 37.6 Å². The molecule has 3 aromatic rings. The number of ether oxygens (including phenoxy) is 4. The van der Waals surface area contributed by atoms with Crippen LogP contribution in [0.5, 0.6) is 17.4 Å². The Morgan fingerprint density at radius 1 is 1.03 bits per heavy atom. The summed E-state index contributed by atoms with van der Waals surface area (Å²) in [5, 5.41) is 6.06. The number of carbonyl (C=O) groups excluding carboxylic acids is 4. The van der Waals surface area contributed by atoms with Gasteiger partial charge < -0.3 is 34.5 Å². The summed E-state index contributed by atoms with van der Waals surface area (Å²) < 4.78 is 80.8. The van der Waals surface area contributed by atoms with Gasteiger partial charge in [0.1, 0.15) is 35.2 Å². The van der Waals surface area contributed by atoms with E-state index in [1.807, 2.05) is 52.0 Å². The number of halogens is 2. The Morgan fingerprint density at radius 2 is 1.76 bits per heavy atom. The third-order valence-electron chi connectivity index (χ3n) is 13.3. The Balaban J connectivity index is 1.27. The number of allylic oxidation sites excluding steroid dienone is 1. The first-order valence-electron chi connectivity index (χ1n) is 23.0. The SMILES string of the molecule is CC[C@@H]1C[C@H](C)CC/C=C\[C@@H]2C[C@@]2(C(=O)NS(=O)(=O)C2CC2)NC(=O)[C@@H]2C[C@@H](Oc3nc(-c4ccc(OC(C)C)cn4)cc4cc(OC)ccc34)CN2C(=O)[C@H]1NC(=O)OC(C)(C)C(C)(F)F. The number of amides is 4. The third-order valence-corrected chi connectivity index (χ3v) is 15.1. The number of methoxy groups -OCH3 is 1. The highest BCUT2D eigenvalue weighted by Crippen LogP contribution is 2.46. The monoisotopic (exact) mass is 952 g/mol. The third kappa shape index (κ3) is 11.1. The zero-order valence-corrected chi connectivity index (χ0v) is 40.1. The van der Waals surface area contributed by atoms with Crippen LogP contribution in [0.15, 0.2) is 54.7 Å². The maximum Gasteiger partial charge on any atom is 0.408 e. The predicted molar refractivity (Wildman–Crippen MR) is 245 cm³/mol. The van der Waals surface area contributed by atoms with Crippen LogP contribution in [0, 0.1) is 17.8 Å².